The van der Waals surface area contributed by atoms with Gasteiger partial charge in [0.05, 0.1) is 22.8 Å². The zero-order valence-corrected chi connectivity index (χ0v) is 16.1. The predicted molar refractivity (Wildman–Crippen MR) is 105 cm³/mol. The highest BCUT2D eigenvalue weighted by atomic mass is 19.1. The molecule has 0 atom stereocenters. The molecule has 0 radical (unpaired) electrons. The average molecular weight is 412 g/mol. The topological polar surface area (TPSA) is 116 Å². The first-order valence-electron chi connectivity index (χ1n) is 8.89. The van der Waals surface area contributed by atoms with E-state index in [0.717, 1.165) is 12.1 Å². The summed E-state index contributed by atoms with van der Waals surface area (Å²) in [6.07, 6.45) is 1.59. The predicted octanol–water partition coefficient (Wildman–Crippen LogP) is 3.66. The number of nitrogens with one attached hydrogen (secondary N) is 1. The molecule has 3 aromatic rings. The van der Waals surface area contributed by atoms with Gasteiger partial charge in [0.25, 0.3) is 11.6 Å². The number of esters is 1. The van der Waals surface area contributed by atoms with Crippen LogP contribution in [0.1, 0.15) is 33.3 Å². The molecule has 30 heavy (non-hydrogen) atoms. The molecule has 0 bridgehead atoms. The molecule has 1 aromatic heterocycles. The van der Waals surface area contributed by atoms with Crippen LogP contribution < -0.4 is 5.32 Å². The Bertz CT molecular complexity index is 1120. The number of rotatable bonds is 6. The number of ether oxygens (including phenoxy) is 1. The van der Waals surface area contributed by atoms with Gasteiger partial charge in [-0.25, -0.2) is 13.9 Å². The molecule has 154 valence electrons. The normalized spacial score (nSPS) is 10.5. The fraction of sp³-hybridized carbons (Fsp3) is 0.150. The van der Waals surface area contributed by atoms with Crippen molar-refractivity contribution in [3.05, 3.63) is 81.4 Å². The van der Waals surface area contributed by atoms with Crippen molar-refractivity contribution in [3.63, 3.8) is 0 Å². The number of nitrogens with zero attached hydrogens (tertiary/aromatic N) is 3. The summed E-state index contributed by atoms with van der Waals surface area (Å²) in [5, 5.41) is 17.7. The van der Waals surface area contributed by atoms with Crippen LogP contribution in [-0.4, -0.2) is 33.2 Å². The molecule has 3 rings (SSSR count). The maximum Gasteiger partial charge on any atom is 0.358 e. The Labute approximate surface area is 170 Å². The maximum atomic E-state index is 13.9. The number of anilines is 1. The molecule has 2 aromatic carbocycles. The number of aromatic nitrogens is 2. The van der Waals surface area contributed by atoms with Crippen molar-refractivity contribution in [2.45, 2.75) is 13.8 Å². The van der Waals surface area contributed by atoms with Crippen molar-refractivity contribution in [2.75, 3.05) is 11.9 Å². The molecule has 0 saturated carbocycles. The van der Waals surface area contributed by atoms with E-state index in [1.165, 1.54) is 17.7 Å². The van der Waals surface area contributed by atoms with E-state index in [9.17, 15) is 24.1 Å². The first-order chi connectivity index (χ1) is 14.3. The van der Waals surface area contributed by atoms with Crippen molar-refractivity contribution < 1.29 is 23.6 Å². The second-order valence-corrected chi connectivity index (χ2v) is 6.23. The minimum absolute atomic E-state index is 0.137. The lowest BCUT2D eigenvalue weighted by Gasteiger charge is -2.08. The Morgan fingerprint density at radius 1 is 1.23 bits per heavy atom. The third-order valence-electron chi connectivity index (χ3n) is 4.24. The van der Waals surface area contributed by atoms with Gasteiger partial charge in [-0.05, 0) is 50.2 Å². The van der Waals surface area contributed by atoms with E-state index in [2.05, 4.69) is 10.4 Å². The summed E-state index contributed by atoms with van der Waals surface area (Å²) in [6, 6.07) is 9.96. The number of hydrogen-bond acceptors (Lipinski definition) is 6. The van der Waals surface area contributed by atoms with Crippen LogP contribution in [0.5, 0.6) is 0 Å². The smallest absolute Gasteiger partial charge is 0.358 e. The minimum atomic E-state index is -0.833. The minimum Gasteiger partial charge on any atom is -0.461 e. The highest BCUT2D eigenvalue weighted by Gasteiger charge is 2.19. The van der Waals surface area contributed by atoms with Gasteiger partial charge >= 0.3 is 5.97 Å². The molecule has 0 saturated heterocycles. The lowest BCUT2D eigenvalue weighted by Crippen LogP contribution is -2.13. The Kier molecular flexibility index (Phi) is 5.86. The second kappa shape index (κ2) is 8.52. The van der Waals surface area contributed by atoms with Crippen molar-refractivity contribution in [1.82, 2.24) is 9.78 Å². The SMILES string of the molecule is CCOC(=O)c1ccn(-c2ccc(NC(=O)c3cc(F)c(C)c([N+](=O)[O-])c3)cc2)n1. The van der Waals surface area contributed by atoms with Crippen molar-refractivity contribution in [3.8, 4) is 5.69 Å². The Balaban J connectivity index is 1.76. The summed E-state index contributed by atoms with van der Waals surface area (Å²) >= 11 is 0. The molecular weight excluding hydrogens is 395 g/mol. The monoisotopic (exact) mass is 412 g/mol. The zero-order valence-electron chi connectivity index (χ0n) is 16.1. The van der Waals surface area contributed by atoms with Crippen LogP contribution in [0.15, 0.2) is 48.7 Å². The molecule has 0 unspecified atom stereocenters. The van der Waals surface area contributed by atoms with Crippen LogP contribution >= 0.6 is 0 Å². The number of benzene rings is 2. The van der Waals surface area contributed by atoms with E-state index >= 15 is 0 Å². The number of carbonyl (C=O) groups excluding carboxylic acids is 2. The fourth-order valence-electron chi connectivity index (χ4n) is 2.67. The van der Waals surface area contributed by atoms with Crippen LogP contribution in [0.4, 0.5) is 15.8 Å². The molecule has 1 amide bonds. The summed E-state index contributed by atoms with van der Waals surface area (Å²) < 4.78 is 20.3. The fourth-order valence-corrected chi connectivity index (χ4v) is 2.67. The third kappa shape index (κ3) is 4.32. The van der Waals surface area contributed by atoms with E-state index in [4.69, 9.17) is 4.74 Å². The lowest BCUT2D eigenvalue weighted by atomic mass is 10.1. The maximum absolute atomic E-state index is 13.9. The molecule has 0 spiro atoms. The van der Waals surface area contributed by atoms with E-state index < -0.39 is 28.3 Å². The first kappa shape index (κ1) is 20.6. The van der Waals surface area contributed by atoms with E-state index in [0.29, 0.717) is 11.4 Å². The molecule has 0 fully saturated rings. The van der Waals surface area contributed by atoms with E-state index in [1.54, 1.807) is 37.4 Å². The number of nitro groups is 1. The molecule has 9 nitrogen and oxygen atoms in total. The first-order valence-corrected chi connectivity index (χ1v) is 8.89. The molecule has 10 heteroatoms. The quantitative estimate of drug-likeness (QED) is 0.375. The average Bonchev–Trinajstić information content (AvgIpc) is 3.20. The second-order valence-electron chi connectivity index (χ2n) is 6.23. The van der Waals surface area contributed by atoms with Gasteiger partial charge in [-0.2, -0.15) is 5.10 Å². The third-order valence-corrected chi connectivity index (χ3v) is 4.24. The highest BCUT2D eigenvalue weighted by Crippen LogP contribution is 2.23. The van der Waals surface area contributed by atoms with Gasteiger partial charge in [-0.3, -0.25) is 14.9 Å². The van der Waals surface area contributed by atoms with Crippen LogP contribution in [0.25, 0.3) is 5.69 Å². The van der Waals surface area contributed by atoms with Crippen molar-refractivity contribution >= 4 is 23.3 Å². The number of carbonyl (C=O) groups is 2. The Morgan fingerprint density at radius 3 is 2.57 bits per heavy atom. The van der Waals surface area contributed by atoms with Gasteiger partial charge in [0.1, 0.15) is 5.82 Å². The molecule has 0 aliphatic heterocycles. The number of amides is 1. The molecular formula is C20H17FN4O5. The Hall–Kier alpha value is -4.08. The van der Waals surface area contributed by atoms with Gasteiger partial charge in [-0.1, -0.05) is 0 Å². The van der Waals surface area contributed by atoms with Crippen LogP contribution in [0.3, 0.4) is 0 Å². The van der Waals surface area contributed by atoms with Gasteiger partial charge < -0.3 is 10.1 Å². The van der Waals surface area contributed by atoms with E-state index in [-0.39, 0.29) is 23.4 Å². The highest BCUT2D eigenvalue weighted by molar-refractivity contribution is 6.04. The van der Waals surface area contributed by atoms with Crippen LogP contribution in [-0.2, 0) is 4.74 Å². The summed E-state index contributed by atoms with van der Waals surface area (Å²) in [4.78, 5) is 34.4. The molecule has 1 N–H and O–H groups in total. The summed E-state index contributed by atoms with van der Waals surface area (Å²) in [7, 11) is 0. The number of halogens is 1. The number of nitro benzene ring substituents is 1. The van der Waals surface area contributed by atoms with Crippen molar-refractivity contribution in [2.24, 2.45) is 0 Å². The van der Waals surface area contributed by atoms with Gasteiger partial charge in [0.15, 0.2) is 5.69 Å². The van der Waals surface area contributed by atoms with Crippen LogP contribution in [0.2, 0.25) is 0 Å². The standard InChI is InChI=1S/C20H17FN4O5/c1-3-30-20(27)17-8-9-24(23-17)15-6-4-14(5-7-15)22-19(26)13-10-16(21)12(2)18(11-13)25(28)29/h4-11H,3H2,1-2H3,(H,22,26). The van der Waals surface area contributed by atoms with Gasteiger partial charge in [-0.15, -0.1) is 0 Å². The van der Waals surface area contributed by atoms with Gasteiger partial charge in [0, 0.05) is 23.5 Å². The molecule has 1 heterocycles. The molecule has 0 aliphatic carbocycles. The largest absolute Gasteiger partial charge is 0.461 e. The molecule has 0 aliphatic rings. The van der Waals surface area contributed by atoms with E-state index in [1.807, 2.05) is 0 Å². The van der Waals surface area contributed by atoms with Crippen LogP contribution in [0, 0.1) is 22.9 Å². The summed E-state index contributed by atoms with van der Waals surface area (Å²) in [5.74, 6) is -2.05. The lowest BCUT2D eigenvalue weighted by molar-refractivity contribution is -0.385. The summed E-state index contributed by atoms with van der Waals surface area (Å²) in [6.45, 7) is 3.22. The number of hydrogen-bond donors (Lipinski definition) is 1. The Morgan fingerprint density at radius 2 is 1.93 bits per heavy atom. The van der Waals surface area contributed by atoms with Crippen molar-refractivity contribution in [1.29, 1.82) is 0 Å². The zero-order chi connectivity index (χ0) is 21.8. The summed E-state index contributed by atoms with van der Waals surface area (Å²) in [5.41, 5.74) is 0.414. The van der Waals surface area contributed by atoms with Gasteiger partial charge in [0.2, 0.25) is 0 Å².